The van der Waals surface area contributed by atoms with Crippen LogP contribution in [0.2, 0.25) is 0 Å². The van der Waals surface area contributed by atoms with Gasteiger partial charge < -0.3 is 15.7 Å². The van der Waals surface area contributed by atoms with Gasteiger partial charge in [0.1, 0.15) is 5.82 Å². The van der Waals surface area contributed by atoms with Gasteiger partial charge in [0.25, 0.3) is 0 Å². The van der Waals surface area contributed by atoms with E-state index >= 15 is 0 Å². The Hall–Kier alpha value is -1.96. The molecule has 6 nitrogen and oxygen atoms in total. The number of benzene rings is 1. The normalized spacial score (nSPS) is 13.3. The standard InChI is InChI=1S/C12H15FN2O4S/c1-7(6-20(2)19)14-12(18)15-8-3-4-9(11(16)17)10(13)5-8/h3-5,7H,6H2,1-2H3,(H,16,17)(H2,14,15,18). The average molecular weight is 302 g/mol. The van der Waals surface area contributed by atoms with Gasteiger partial charge in [-0.25, -0.2) is 14.0 Å². The first-order valence-corrected chi connectivity index (χ1v) is 7.42. The molecular formula is C12H15FN2O4S. The van der Waals surface area contributed by atoms with Gasteiger partial charge in [-0.3, -0.25) is 4.21 Å². The van der Waals surface area contributed by atoms with E-state index in [2.05, 4.69) is 10.6 Å². The van der Waals surface area contributed by atoms with Gasteiger partial charge in [-0.05, 0) is 25.1 Å². The molecule has 0 aliphatic carbocycles. The molecule has 20 heavy (non-hydrogen) atoms. The molecule has 3 N–H and O–H groups in total. The van der Waals surface area contributed by atoms with Crippen molar-refractivity contribution in [3.8, 4) is 0 Å². The first kappa shape index (κ1) is 16.1. The number of amides is 2. The fraction of sp³-hybridized carbons (Fsp3) is 0.333. The number of hydrogen-bond donors (Lipinski definition) is 3. The predicted molar refractivity (Wildman–Crippen MR) is 73.9 cm³/mol. The molecule has 0 saturated carbocycles. The SMILES string of the molecule is CC(CS(C)=O)NC(=O)Nc1ccc(C(=O)O)c(F)c1. The van der Waals surface area contributed by atoms with Crippen LogP contribution in [-0.4, -0.2) is 39.4 Å². The van der Waals surface area contributed by atoms with Gasteiger partial charge in [0.2, 0.25) is 0 Å². The summed E-state index contributed by atoms with van der Waals surface area (Å²) in [7, 11) is -1.04. The number of rotatable bonds is 5. The van der Waals surface area contributed by atoms with Gasteiger partial charge in [-0.2, -0.15) is 0 Å². The average Bonchev–Trinajstić information content (AvgIpc) is 2.26. The molecule has 2 atom stereocenters. The van der Waals surface area contributed by atoms with E-state index in [-0.39, 0.29) is 11.7 Å². The zero-order chi connectivity index (χ0) is 15.3. The summed E-state index contributed by atoms with van der Waals surface area (Å²) < 4.78 is 24.4. The van der Waals surface area contributed by atoms with Crippen LogP contribution in [0.1, 0.15) is 17.3 Å². The van der Waals surface area contributed by atoms with Crippen LogP contribution < -0.4 is 10.6 Å². The van der Waals surface area contributed by atoms with Crippen molar-refractivity contribution in [2.45, 2.75) is 13.0 Å². The summed E-state index contributed by atoms with van der Waals surface area (Å²) in [4.78, 5) is 22.2. The third-order valence-electron chi connectivity index (χ3n) is 2.32. The molecule has 2 amide bonds. The zero-order valence-corrected chi connectivity index (χ0v) is 11.8. The Morgan fingerprint density at radius 3 is 2.60 bits per heavy atom. The number of carbonyl (C=O) groups is 2. The lowest BCUT2D eigenvalue weighted by molar-refractivity contribution is 0.0692. The molecule has 1 rings (SSSR count). The minimum Gasteiger partial charge on any atom is -0.478 e. The summed E-state index contributed by atoms with van der Waals surface area (Å²) in [5.74, 6) is -2.00. The van der Waals surface area contributed by atoms with Gasteiger partial charge in [-0.15, -0.1) is 0 Å². The molecule has 1 aromatic rings. The maximum atomic E-state index is 13.4. The zero-order valence-electron chi connectivity index (χ0n) is 11.0. The van der Waals surface area contributed by atoms with Crippen LogP contribution in [0.3, 0.4) is 0 Å². The lowest BCUT2D eigenvalue weighted by atomic mass is 10.2. The van der Waals surface area contributed by atoms with Crippen LogP contribution in [0.25, 0.3) is 0 Å². The van der Waals surface area contributed by atoms with E-state index in [0.29, 0.717) is 5.75 Å². The summed E-state index contributed by atoms with van der Waals surface area (Å²) in [5, 5.41) is 13.6. The minimum atomic E-state index is -1.38. The number of carboxylic acids is 1. The highest BCUT2D eigenvalue weighted by molar-refractivity contribution is 7.84. The monoisotopic (exact) mass is 302 g/mol. The van der Waals surface area contributed by atoms with Crippen molar-refractivity contribution in [3.05, 3.63) is 29.6 Å². The van der Waals surface area contributed by atoms with Crippen molar-refractivity contribution in [1.82, 2.24) is 5.32 Å². The predicted octanol–water partition coefficient (Wildman–Crippen LogP) is 1.41. The van der Waals surface area contributed by atoms with E-state index in [1.807, 2.05) is 0 Å². The van der Waals surface area contributed by atoms with Gasteiger partial charge in [-0.1, -0.05) is 0 Å². The first-order valence-electron chi connectivity index (χ1n) is 5.70. The van der Waals surface area contributed by atoms with Crippen LogP contribution in [0, 0.1) is 5.82 Å². The maximum Gasteiger partial charge on any atom is 0.338 e. The van der Waals surface area contributed by atoms with Gasteiger partial charge >= 0.3 is 12.0 Å². The highest BCUT2D eigenvalue weighted by atomic mass is 32.2. The van der Waals surface area contributed by atoms with Crippen molar-refractivity contribution >= 4 is 28.5 Å². The molecule has 0 aliphatic heterocycles. The van der Waals surface area contributed by atoms with Crippen molar-refractivity contribution in [3.63, 3.8) is 0 Å². The van der Waals surface area contributed by atoms with E-state index in [0.717, 1.165) is 12.1 Å². The largest absolute Gasteiger partial charge is 0.478 e. The summed E-state index contributed by atoms with van der Waals surface area (Å²) in [6.45, 7) is 1.69. The Kier molecular flexibility index (Phi) is 5.63. The van der Waals surface area contributed by atoms with Gasteiger partial charge in [0.05, 0.1) is 5.56 Å². The van der Waals surface area contributed by atoms with Crippen molar-refractivity contribution in [2.75, 3.05) is 17.3 Å². The number of nitrogens with one attached hydrogen (secondary N) is 2. The van der Waals surface area contributed by atoms with Crippen LogP contribution in [0.4, 0.5) is 14.9 Å². The lowest BCUT2D eigenvalue weighted by Gasteiger charge is -2.13. The molecule has 1 aromatic carbocycles. The van der Waals surface area contributed by atoms with Crippen molar-refractivity contribution in [1.29, 1.82) is 0 Å². The molecule has 0 fully saturated rings. The summed E-state index contributed by atoms with van der Waals surface area (Å²) >= 11 is 0. The van der Waals surface area contributed by atoms with Crippen LogP contribution in [-0.2, 0) is 10.8 Å². The van der Waals surface area contributed by atoms with Gasteiger partial charge in [0, 0.05) is 34.5 Å². The number of anilines is 1. The van der Waals surface area contributed by atoms with E-state index in [1.54, 1.807) is 6.92 Å². The smallest absolute Gasteiger partial charge is 0.338 e. The number of urea groups is 1. The number of aromatic carboxylic acids is 1. The topological polar surface area (TPSA) is 95.5 Å². The van der Waals surface area contributed by atoms with E-state index in [1.165, 1.54) is 12.3 Å². The fourth-order valence-corrected chi connectivity index (χ4v) is 2.34. The van der Waals surface area contributed by atoms with E-state index < -0.39 is 34.2 Å². The highest BCUT2D eigenvalue weighted by Gasteiger charge is 2.12. The Bertz CT molecular complexity index is 550. The minimum absolute atomic E-state index is 0.134. The maximum absolute atomic E-state index is 13.4. The number of halogens is 1. The van der Waals surface area contributed by atoms with E-state index in [9.17, 15) is 18.2 Å². The summed E-state index contributed by atoms with van der Waals surface area (Å²) in [5.41, 5.74) is -0.333. The second kappa shape index (κ2) is 6.99. The van der Waals surface area contributed by atoms with Crippen molar-refractivity contribution in [2.24, 2.45) is 0 Å². The molecule has 0 radical (unpaired) electrons. The molecule has 0 bridgehead atoms. The molecule has 0 heterocycles. The summed E-state index contributed by atoms with van der Waals surface area (Å²) in [6, 6.07) is 2.40. The highest BCUT2D eigenvalue weighted by Crippen LogP contribution is 2.14. The molecule has 0 saturated heterocycles. The molecule has 0 spiro atoms. The summed E-state index contributed by atoms with van der Waals surface area (Å²) in [6.07, 6.45) is 1.52. The number of carboxylic acid groups (broad SMARTS) is 1. The van der Waals surface area contributed by atoms with Crippen LogP contribution >= 0.6 is 0 Å². The second-order valence-electron chi connectivity index (χ2n) is 4.24. The third kappa shape index (κ3) is 4.96. The molecule has 110 valence electrons. The Morgan fingerprint density at radius 1 is 1.45 bits per heavy atom. The van der Waals surface area contributed by atoms with E-state index in [4.69, 9.17) is 5.11 Å². The fourth-order valence-electron chi connectivity index (χ4n) is 1.55. The van der Waals surface area contributed by atoms with Crippen LogP contribution in [0.5, 0.6) is 0 Å². The molecule has 8 heteroatoms. The quantitative estimate of drug-likeness (QED) is 0.766. The number of carbonyl (C=O) groups excluding carboxylic acids is 1. The van der Waals surface area contributed by atoms with Crippen molar-refractivity contribution < 1.29 is 23.3 Å². The molecule has 2 unspecified atom stereocenters. The first-order chi connectivity index (χ1) is 9.29. The van der Waals surface area contributed by atoms with Gasteiger partial charge in [0.15, 0.2) is 0 Å². The molecule has 0 aliphatic rings. The number of hydrogen-bond acceptors (Lipinski definition) is 3. The molecular weight excluding hydrogens is 287 g/mol. The Balaban J connectivity index is 2.65. The Labute approximate surface area is 117 Å². The van der Waals surface area contributed by atoms with Crippen LogP contribution in [0.15, 0.2) is 18.2 Å². The third-order valence-corrected chi connectivity index (χ3v) is 3.29. The Morgan fingerprint density at radius 2 is 2.10 bits per heavy atom. The second-order valence-corrected chi connectivity index (χ2v) is 5.72. The lowest BCUT2D eigenvalue weighted by Crippen LogP contribution is -2.39. The molecule has 0 aromatic heterocycles.